The summed E-state index contributed by atoms with van der Waals surface area (Å²) in [6.45, 7) is 4.45. The van der Waals surface area contributed by atoms with E-state index in [0.29, 0.717) is 18.8 Å². The molecule has 8 heteroatoms. The van der Waals surface area contributed by atoms with Crippen LogP contribution in [-0.2, 0) is 6.18 Å². The number of hydrogen-bond acceptors (Lipinski definition) is 2. The predicted octanol–water partition coefficient (Wildman–Crippen LogP) is 5.62. The second kappa shape index (κ2) is 8.31. The first-order chi connectivity index (χ1) is 12.3. The topological polar surface area (TPSA) is 32.8 Å². The van der Waals surface area contributed by atoms with Crippen molar-refractivity contribution in [1.82, 2.24) is 4.90 Å². The second-order valence-electron chi connectivity index (χ2n) is 5.32. The number of carbonyl (C=O) groups is 1. The number of alkyl halides is 3. The van der Waals surface area contributed by atoms with E-state index in [0.717, 1.165) is 17.2 Å². The van der Waals surface area contributed by atoms with Gasteiger partial charge in [-0.15, -0.1) is 5.06 Å². The van der Waals surface area contributed by atoms with Crippen LogP contribution in [-0.4, -0.2) is 24.0 Å². The van der Waals surface area contributed by atoms with Gasteiger partial charge in [0.05, 0.1) is 16.3 Å². The Morgan fingerprint density at radius 3 is 2.23 bits per heavy atom. The van der Waals surface area contributed by atoms with E-state index in [1.807, 2.05) is 0 Å². The largest absolute Gasteiger partial charge is 0.417 e. The highest BCUT2D eigenvalue weighted by molar-refractivity contribution is 6.31. The van der Waals surface area contributed by atoms with Crippen molar-refractivity contribution in [2.24, 2.45) is 0 Å². The lowest BCUT2D eigenvalue weighted by atomic mass is 10.2. The lowest BCUT2D eigenvalue weighted by Gasteiger charge is -2.28. The summed E-state index contributed by atoms with van der Waals surface area (Å²) in [4.78, 5) is 19.8. The lowest BCUT2D eigenvalue weighted by Crippen LogP contribution is -2.45. The Morgan fingerprint density at radius 1 is 1.08 bits per heavy atom. The van der Waals surface area contributed by atoms with Gasteiger partial charge < -0.3 is 9.74 Å². The molecule has 4 nitrogen and oxygen atoms in total. The number of para-hydroxylation sites is 1. The van der Waals surface area contributed by atoms with Gasteiger partial charge in [-0.2, -0.15) is 13.2 Å². The molecule has 2 amide bonds. The van der Waals surface area contributed by atoms with E-state index in [9.17, 15) is 18.0 Å². The van der Waals surface area contributed by atoms with E-state index in [2.05, 4.69) is 0 Å². The molecule has 0 atom stereocenters. The lowest BCUT2D eigenvalue weighted by molar-refractivity contribution is -0.137. The highest BCUT2D eigenvalue weighted by Gasteiger charge is 2.34. The predicted molar refractivity (Wildman–Crippen MR) is 94.3 cm³/mol. The molecule has 0 unspecified atom stereocenters. The maximum atomic E-state index is 13.1. The first-order valence-electron chi connectivity index (χ1n) is 7.96. The molecular weight excluding hydrogens is 369 g/mol. The molecule has 0 saturated carbocycles. The summed E-state index contributed by atoms with van der Waals surface area (Å²) in [6, 6.07) is 11.1. The maximum absolute atomic E-state index is 13.1. The van der Waals surface area contributed by atoms with Gasteiger partial charge in [0.1, 0.15) is 0 Å². The summed E-state index contributed by atoms with van der Waals surface area (Å²) < 4.78 is 39.2. The van der Waals surface area contributed by atoms with Crippen molar-refractivity contribution < 1.29 is 22.8 Å². The molecule has 0 aromatic heterocycles. The molecule has 140 valence electrons. The molecular formula is C18H18ClF3N2O2. The highest BCUT2D eigenvalue weighted by Crippen LogP contribution is 2.37. The van der Waals surface area contributed by atoms with Gasteiger partial charge >= 0.3 is 12.2 Å². The van der Waals surface area contributed by atoms with Crippen LogP contribution in [0.2, 0.25) is 5.02 Å². The number of benzene rings is 2. The number of halogens is 4. The van der Waals surface area contributed by atoms with Crippen molar-refractivity contribution in [2.45, 2.75) is 20.0 Å². The van der Waals surface area contributed by atoms with Crippen molar-refractivity contribution in [3.8, 4) is 5.75 Å². The molecule has 26 heavy (non-hydrogen) atoms. The third-order valence-corrected chi connectivity index (χ3v) is 3.97. The van der Waals surface area contributed by atoms with Gasteiger partial charge in [-0.3, -0.25) is 0 Å². The molecule has 0 saturated heterocycles. The van der Waals surface area contributed by atoms with Gasteiger partial charge in [-0.05, 0) is 44.2 Å². The summed E-state index contributed by atoms with van der Waals surface area (Å²) in [5, 5.41) is 0.530. The van der Waals surface area contributed by atoms with Crippen molar-refractivity contribution in [3.63, 3.8) is 0 Å². The van der Waals surface area contributed by atoms with E-state index in [4.69, 9.17) is 16.4 Å². The van der Waals surface area contributed by atoms with Crippen molar-refractivity contribution in [1.29, 1.82) is 0 Å². The molecule has 2 aromatic carbocycles. The van der Waals surface area contributed by atoms with Crippen LogP contribution >= 0.6 is 11.6 Å². The summed E-state index contributed by atoms with van der Waals surface area (Å²) in [6.07, 6.45) is -4.63. The Hall–Kier alpha value is -2.41. The van der Waals surface area contributed by atoms with Crippen LogP contribution in [0.15, 0.2) is 48.5 Å². The van der Waals surface area contributed by atoms with Crippen LogP contribution < -0.4 is 9.90 Å². The minimum atomic E-state index is -4.63. The maximum Gasteiger partial charge on any atom is 0.417 e. The van der Waals surface area contributed by atoms with E-state index in [-0.39, 0.29) is 5.75 Å². The Bertz CT molecular complexity index is 750. The van der Waals surface area contributed by atoms with Crippen molar-refractivity contribution in [2.75, 3.05) is 18.2 Å². The number of carbonyl (C=O) groups excluding carboxylic acids is 1. The fourth-order valence-electron chi connectivity index (χ4n) is 2.27. The standard InChI is InChI=1S/C18H18ClF3N2O2/c1-3-23(4-2)17(25)24(13-8-6-5-7-9-13)26-14-10-11-16(19)15(12-14)18(20,21)22/h5-12H,3-4H2,1-2H3. The van der Waals surface area contributed by atoms with E-state index >= 15 is 0 Å². The smallest absolute Gasteiger partial charge is 0.370 e. The zero-order valence-electron chi connectivity index (χ0n) is 14.3. The number of hydroxylamine groups is 1. The van der Waals surface area contributed by atoms with Gasteiger partial charge in [0.25, 0.3) is 0 Å². The Balaban J connectivity index is 2.40. The summed E-state index contributed by atoms with van der Waals surface area (Å²) >= 11 is 5.63. The van der Waals surface area contributed by atoms with E-state index < -0.39 is 22.8 Å². The highest BCUT2D eigenvalue weighted by atomic mass is 35.5. The molecule has 0 N–H and O–H groups in total. The molecule has 0 fully saturated rings. The molecule has 0 aliphatic rings. The monoisotopic (exact) mass is 386 g/mol. The number of rotatable bonds is 5. The summed E-state index contributed by atoms with van der Waals surface area (Å²) in [5.74, 6) is -0.147. The van der Waals surface area contributed by atoms with Gasteiger partial charge in [0, 0.05) is 13.1 Å². The quantitative estimate of drug-likeness (QED) is 0.625. The molecule has 0 heterocycles. The Morgan fingerprint density at radius 2 is 1.69 bits per heavy atom. The Labute approximate surface area is 154 Å². The van der Waals surface area contributed by atoms with E-state index in [1.165, 1.54) is 11.0 Å². The van der Waals surface area contributed by atoms with E-state index in [1.54, 1.807) is 44.2 Å². The molecule has 2 rings (SSSR count). The Kier molecular flexibility index (Phi) is 6.37. The molecule has 2 aromatic rings. The number of hydrogen-bond donors (Lipinski definition) is 0. The van der Waals surface area contributed by atoms with Gasteiger partial charge in [-0.1, -0.05) is 29.8 Å². The average Bonchev–Trinajstić information content (AvgIpc) is 2.61. The van der Waals surface area contributed by atoms with Crippen LogP contribution in [0.1, 0.15) is 19.4 Å². The van der Waals surface area contributed by atoms with Crippen molar-refractivity contribution in [3.05, 3.63) is 59.1 Å². The van der Waals surface area contributed by atoms with Gasteiger partial charge in [0.2, 0.25) is 0 Å². The zero-order valence-corrected chi connectivity index (χ0v) is 15.0. The minimum Gasteiger partial charge on any atom is -0.370 e. The number of urea groups is 1. The fraction of sp³-hybridized carbons (Fsp3) is 0.278. The number of amides is 2. The third kappa shape index (κ3) is 4.60. The molecule has 0 aliphatic heterocycles. The van der Waals surface area contributed by atoms with Crippen LogP contribution in [0, 0.1) is 0 Å². The SMILES string of the molecule is CCN(CC)C(=O)N(Oc1ccc(Cl)c(C(F)(F)F)c1)c1ccccc1. The molecule has 0 spiro atoms. The van der Waals surface area contributed by atoms with Gasteiger partial charge in [-0.25, -0.2) is 4.79 Å². The molecule has 0 aliphatic carbocycles. The zero-order chi connectivity index (χ0) is 19.3. The fourth-order valence-corrected chi connectivity index (χ4v) is 2.50. The average molecular weight is 387 g/mol. The second-order valence-corrected chi connectivity index (χ2v) is 5.72. The number of anilines is 1. The van der Waals surface area contributed by atoms with Crippen molar-refractivity contribution >= 4 is 23.3 Å². The van der Waals surface area contributed by atoms with Gasteiger partial charge in [0.15, 0.2) is 5.75 Å². The normalized spacial score (nSPS) is 11.2. The van der Waals surface area contributed by atoms with Crippen LogP contribution in [0.4, 0.5) is 23.7 Å². The first-order valence-corrected chi connectivity index (χ1v) is 8.34. The van der Waals surface area contributed by atoms with Crippen LogP contribution in [0.3, 0.4) is 0 Å². The third-order valence-electron chi connectivity index (χ3n) is 3.64. The molecule has 0 bridgehead atoms. The summed E-state index contributed by atoms with van der Waals surface area (Å²) in [7, 11) is 0. The number of nitrogens with zero attached hydrogens (tertiary/aromatic N) is 2. The first kappa shape index (κ1) is 19.9. The molecule has 0 radical (unpaired) electrons. The minimum absolute atomic E-state index is 0.147. The summed E-state index contributed by atoms with van der Waals surface area (Å²) in [5.41, 5.74) is -0.632. The van der Waals surface area contributed by atoms with Crippen LogP contribution in [0.5, 0.6) is 5.75 Å². The van der Waals surface area contributed by atoms with Crippen LogP contribution in [0.25, 0.3) is 0 Å².